The van der Waals surface area contributed by atoms with Crippen LogP contribution >= 0.6 is 11.6 Å². The molecule has 0 bridgehead atoms. The number of benzene rings is 2. The summed E-state index contributed by atoms with van der Waals surface area (Å²) in [5, 5.41) is 12.1. The van der Waals surface area contributed by atoms with E-state index >= 15 is 0 Å². The second-order valence-corrected chi connectivity index (χ2v) is 4.99. The van der Waals surface area contributed by atoms with Crippen LogP contribution in [-0.4, -0.2) is 20.2 Å². The van der Waals surface area contributed by atoms with Crippen LogP contribution in [0.15, 0.2) is 36.4 Å². The summed E-state index contributed by atoms with van der Waals surface area (Å²) in [6.45, 7) is 1.79. The highest BCUT2D eigenvalue weighted by molar-refractivity contribution is 6.33. The normalized spacial score (nSPS) is 10.8. The van der Waals surface area contributed by atoms with Crippen molar-refractivity contribution in [3.8, 4) is 17.1 Å². The summed E-state index contributed by atoms with van der Waals surface area (Å²) < 4.78 is 14.7. The second kappa shape index (κ2) is 5.14. The molecule has 0 spiro atoms. The van der Waals surface area contributed by atoms with Crippen LogP contribution in [0.25, 0.3) is 17.1 Å². The van der Waals surface area contributed by atoms with Gasteiger partial charge < -0.3 is 5.73 Å². The van der Waals surface area contributed by atoms with Crippen molar-refractivity contribution in [2.24, 2.45) is 0 Å². The van der Waals surface area contributed by atoms with Crippen LogP contribution in [0.2, 0.25) is 5.02 Å². The first-order valence-electron chi connectivity index (χ1n) is 6.16. The van der Waals surface area contributed by atoms with Crippen LogP contribution in [0.4, 0.5) is 10.1 Å². The summed E-state index contributed by atoms with van der Waals surface area (Å²) in [6.07, 6.45) is 0. The van der Waals surface area contributed by atoms with E-state index in [1.165, 1.54) is 16.8 Å². The Bertz CT molecular complexity index is 749. The number of halogens is 2. The fourth-order valence-electron chi connectivity index (χ4n) is 2.09. The first-order chi connectivity index (χ1) is 10.1. The molecule has 21 heavy (non-hydrogen) atoms. The Morgan fingerprint density at radius 1 is 1.19 bits per heavy atom. The summed E-state index contributed by atoms with van der Waals surface area (Å²) in [7, 11) is 0. The van der Waals surface area contributed by atoms with Gasteiger partial charge in [-0.25, -0.2) is 4.39 Å². The van der Waals surface area contributed by atoms with Crippen molar-refractivity contribution >= 4 is 17.3 Å². The summed E-state index contributed by atoms with van der Waals surface area (Å²) in [5.41, 5.74) is 8.30. The monoisotopic (exact) mass is 303 g/mol. The van der Waals surface area contributed by atoms with Crippen molar-refractivity contribution in [2.75, 3.05) is 5.73 Å². The molecule has 106 valence electrons. The molecule has 1 heterocycles. The van der Waals surface area contributed by atoms with Gasteiger partial charge in [-0.2, -0.15) is 4.68 Å². The lowest BCUT2D eigenvalue weighted by molar-refractivity contribution is 0.625. The van der Waals surface area contributed by atoms with Gasteiger partial charge in [0.2, 0.25) is 0 Å². The summed E-state index contributed by atoms with van der Waals surface area (Å²) >= 11 is 6.20. The number of tetrazole rings is 1. The SMILES string of the molecule is Cc1cc(F)ccc1-n1nnnc1-c1ccc(N)cc1Cl. The van der Waals surface area contributed by atoms with Gasteiger partial charge in [-0.3, -0.25) is 0 Å². The minimum absolute atomic E-state index is 0.309. The highest BCUT2D eigenvalue weighted by atomic mass is 35.5. The zero-order valence-corrected chi connectivity index (χ0v) is 11.8. The lowest BCUT2D eigenvalue weighted by atomic mass is 10.1. The van der Waals surface area contributed by atoms with Gasteiger partial charge in [-0.1, -0.05) is 11.6 Å². The highest BCUT2D eigenvalue weighted by Gasteiger charge is 2.15. The molecule has 2 aromatic carbocycles. The molecule has 3 rings (SSSR count). The topological polar surface area (TPSA) is 69.6 Å². The van der Waals surface area contributed by atoms with Crippen LogP contribution in [0.5, 0.6) is 0 Å². The third kappa shape index (κ3) is 2.45. The van der Waals surface area contributed by atoms with Crippen LogP contribution in [0.1, 0.15) is 5.56 Å². The Morgan fingerprint density at radius 3 is 2.71 bits per heavy atom. The number of anilines is 1. The van der Waals surface area contributed by atoms with Crippen LogP contribution in [0.3, 0.4) is 0 Å². The Hall–Kier alpha value is -2.47. The number of nitrogens with two attached hydrogens (primary N) is 1. The molecule has 1 aromatic heterocycles. The van der Waals surface area contributed by atoms with E-state index in [0.717, 1.165) is 5.56 Å². The van der Waals surface area contributed by atoms with E-state index in [-0.39, 0.29) is 5.82 Å². The van der Waals surface area contributed by atoms with Crippen molar-refractivity contribution < 1.29 is 4.39 Å². The van der Waals surface area contributed by atoms with Crippen LogP contribution in [-0.2, 0) is 0 Å². The third-order valence-electron chi connectivity index (χ3n) is 3.09. The molecular formula is C14H11ClFN5. The van der Waals surface area contributed by atoms with Crippen molar-refractivity contribution in [3.63, 3.8) is 0 Å². The molecule has 0 amide bonds. The Labute approximate surface area is 125 Å². The fourth-order valence-corrected chi connectivity index (χ4v) is 2.36. The fraction of sp³-hybridized carbons (Fsp3) is 0.0714. The quantitative estimate of drug-likeness (QED) is 0.739. The van der Waals surface area contributed by atoms with Crippen molar-refractivity contribution in [3.05, 3.63) is 52.8 Å². The summed E-state index contributed by atoms with van der Waals surface area (Å²) in [6, 6.07) is 9.50. The van der Waals surface area contributed by atoms with E-state index < -0.39 is 0 Å². The number of nitrogen functional groups attached to an aromatic ring is 1. The Morgan fingerprint density at radius 2 is 2.00 bits per heavy atom. The number of aromatic nitrogens is 4. The predicted molar refractivity (Wildman–Crippen MR) is 78.7 cm³/mol. The molecule has 2 N–H and O–H groups in total. The maximum Gasteiger partial charge on any atom is 0.188 e. The van der Waals surface area contributed by atoms with E-state index in [1.807, 2.05) is 0 Å². The third-order valence-corrected chi connectivity index (χ3v) is 3.40. The Balaban J connectivity index is 2.17. The van der Waals surface area contributed by atoms with Crippen LogP contribution < -0.4 is 5.73 Å². The molecule has 0 aliphatic rings. The summed E-state index contributed by atoms with van der Waals surface area (Å²) in [5.74, 6) is 0.158. The first-order valence-corrected chi connectivity index (χ1v) is 6.54. The molecule has 5 nitrogen and oxygen atoms in total. The van der Waals surface area contributed by atoms with Gasteiger partial charge in [-0.15, -0.1) is 5.10 Å². The van der Waals surface area contributed by atoms with Crippen LogP contribution in [0, 0.1) is 12.7 Å². The second-order valence-electron chi connectivity index (χ2n) is 4.58. The number of hydrogen-bond acceptors (Lipinski definition) is 4. The molecule has 0 aliphatic carbocycles. The molecule has 3 aromatic rings. The van der Waals surface area contributed by atoms with E-state index in [9.17, 15) is 4.39 Å². The molecule has 0 fully saturated rings. The number of hydrogen-bond donors (Lipinski definition) is 1. The van der Waals surface area contributed by atoms with Gasteiger partial charge in [0.05, 0.1) is 10.7 Å². The van der Waals surface area contributed by atoms with E-state index in [2.05, 4.69) is 15.5 Å². The standard InChI is InChI=1S/C14H11ClFN5/c1-8-6-9(16)2-5-13(8)21-14(18-19-20-21)11-4-3-10(17)7-12(11)15/h2-7H,17H2,1H3. The molecule has 0 unspecified atom stereocenters. The van der Waals surface area contributed by atoms with E-state index in [1.54, 1.807) is 31.2 Å². The van der Waals surface area contributed by atoms with Crippen molar-refractivity contribution in [1.29, 1.82) is 0 Å². The molecule has 0 radical (unpaired) electrons. The highest BCUT2D eigenvalue weighted by Crippen LogP contribution is 2.29. The number of nitrogens with zero attached hydrogens (tertiary/aromatic N) is 4. The van der Waals surface area contributed by atoms with Crippen molar-refractivity contribution in [1.82, 2.24) is 20.2 Å². The van der Waals surface area contributed by atoms with E-state index in [4.69, 9.17) is 17.3 Å². The molecule has 0 atom stereocenters. The average molecular weight is 304 g/mol. The maximum absolute atomic E-state index is 13.2. The maximum atomic E-state index is 13.2. The number of aryl methyl sites for hydroxylation is 1. The molecule has 7 heteroatoms. The Kier molecular flexibility index (Phi) is 3.31. The predicted octanol–water partition coefficient (Wildman–Crippen LogP) is 3.01. The largest absolute Gasteiger partial charge is 0.399 e. The zero-order chi connectivity index (χ0) is 15.0. The van der Waals surface area contributed by atoms with Gasteiger partial charge in [-0.05, 0) is 59.3 Å². The molecular weight excluding hydrogens is 293 g/mol. The van der Waals surface area contributed by atoms with Gasteiger partial charge in [0.1, 0.15) is 5.82 Å². The van der Waals surface area contributed by atoms with Gasteiger partial charge >= 0.3 is 0 Å². The van der Waals surface area contributed by atoms with Gasteiger partial charge in [0, 0.05) is 11.3 Å². The minimum atomic E-state index is -0.309. The van der Waals surface area contributed by atoms with Gasteiger partial charge in [0.15, 0.2) is 5.82 Å². The first kappa shape index (κ1) is 13.5. The number of rotatable bonds is 2. The zero-order valence-electron chi connectivity index (χ0n) is 11.1. The lowest BCUT2D eigenvalue weighted by Crippen LogP contribution is -2.03. The summed E-state index contributed by atoms with van der Waals surface area (Å²) in [4.78, 5) is 0. The van der Waals surface area contributed by atoms with E-state index in [0.29, 0.717) is 27.8 Å². The van der Waals surface area contributed by atoms with Gasteiger partial charge in [0.25, 0.3) is 0 Å². The minimum Gasteiger partial charge on any atom is -0.399 e. The smallest absolute Gasteiger partial charge is 0.188 e. The molecule has 0 aliphatic heterocycles. The molecule has 0 saturated carbocycles. The molecule has 0 saturated heterocycles. The van der Waals surface area contributed by atoms with Crippen molar-refractivity contribution in [2.45, 2.75) is 6.92 Å². The lowest BCUT2D eigenvalue weighted by Gasteiger charge is -2.09. The average Bonchev–Trinajstić information content (AvgIpc) is 2.87.